The predicted molar refractivity (Wildman–Crippen MR) is 117 cm³/mol. The predicted octanol–water partition coefficient (Wildman–Crippen LogP) is 2.96. The number of hydrogen-bond acceptors (Lipinski definition) is 3. The van der Waals surface area contributed by atoms with Crippen LogP contribution < -0.4 is 10.6 Å². The van der Waals surface area contributed by atoms with Crippen molar-refractivity contribution in [3.8, 4) is 0 Å². The van der Waals surface area contributed by atoms with Gasteiger partial charge in [-0.3, -0.25) is 4.79 Å². The van der Waals surface area contributed by atoms with Crippen LogP contribution in [0.1, 0.15) is 26.7 Å². The van der Waals surface area contributed by atoms with E-state index in [1.165, 1.54) is 4.90 Å². The number of benzene rings is 1. The minimum absolute atomic E-state index is 0. The fourth-order valence-electron chi connectivity index (χ4n) is 2.57. The number of amides is 1. The maximum atomic E-state index is 12.1. The van der Waals surface area contributed by atoms with Gasteiger partial charge in [0.2, 0.25) is 5.91 Å². The van der Waals surface area contributed by atoms with Crippen molar-refractivity contribution in [2.75, 3.05) is 32.7 Å². The molecule has 0 aliphatic carbocycles. The Bertz CT molecular complexity index is 535. The van der Waals surface area contributed by atoms with E-state index >= 15 is 0 Å². The molecule has 2 rings (SSSR count). The zero-order valence-electron chi connectivity index (χ0n) is 15.0. The second kappa shape index (κ2) is 12.4. The Morgan fingerprint density at radius 3 is 2.56 bits per heavy atom. The number of hydrogen-bond donors (Lipinski definition) is 2. The summed E-state index contributed by atoms with van der Waals surface area (Å²) in [6, 6.07) is 10.4. The summed E-state index contributed by atoms with van der Waals surface area (Å²) in [6.45, 7) is 7.76. The largest absolute Gasteiger partial charge is 0.357 e. The molecule has 1 aliphatic rings. The van der Waals surface area contributed by atoms with Gasteiger partial charge in [-0.2, -0.15) is 0 Å². The highest BCUT2D eigenvalue weighted by molar-refractivity contribution is 14.0. The average molecular weight is 476 g/mol. The summed E-state index contributed by atoms with van der Waals surface area (Å²) < 4.78 is 0. The van der Waals surface area contributed by atoms with Gasteiger partial charge in [0.25, 0.3) is 0 Å². The lowest BCUT2D eigenvalue weighted by atomic mass is 10.4. The van der Waals surface area contributed by atoms with Gasteiger partial charge < -0.3 is 15.5 Å². The van der Waals surface area contributed by atoms with Crippen LogP contribution in [-0.4, -0.2) is 54.7 Å². The van der Waals surface area contributed by atoms with E-state index in [9.17, 15) is 4.79 Å². The molecular weight excluding hydrogens is 447 g/mol. The first-order valence-electron chi connectivity index (χ1n) is 8.70. The number of carbonyl (C=O) groups excluding carboxylic acids is 1. The summed E-state index contributed by atoms with van der Waals surface area (Å²) in [7, 11) is 0. The van der Waals surface area contributed by atoms with Gasteiger partial charge in [0.05, 0.1) is 0 Å². The van der Waals surface area contributed by atoms with Crippen molar-refractivity contribution in [2.24, 2.45) is 4.99 Å². The van der Waals surface area contributed by atoms with Crippen LogP contribution in [0.15, 0.2) is 40.2 Å². The lowest BCUT2D eigenvalue weighted by Crippen LogP contribution is -2.41. The normalized spacial score (nSPS) is 15.4. The SMILES string of the molecule is CCNC(=NCC(=O)N1CCCC1)NCC(C)Sc1ccccc1.I. The molecule has 1 saturated heterocycles. The summed E-state index contributed by atoms with van der Waals surface area (Å²) in [4.78, 5) is 19.7. The smallest absolute Gasteiger partial charge is 0.244 e. The van der Waals surface area contributed by atoms with Crippen molar-refractivity contribution in [3.63, 3.8) is 0 Å². The summed E-state index contributed by atoms with van der Waals surface area (Å²) in [5, 5.41) is 6.95. The third kappa shape index (κ3) is 8.31. The van der Waals surface area contributed by atoms with E-state index in [4.69, 9.17) is 0 Å². The molecule has 1 heterocycles. The van der Waals surface area contributed by atoms with Crippen molar-refractivity contribution >= 4 is 47.6 Å². The Kier molecular flexibility index (Phi) is 11.0. The third-order valence-corrected chi connectivity index (χ3v) is 4.93. The Balaban J connectivity index is 0.00000312. The molecule has 7 heteroatoms. The van der Waals surface area contributed by atoms with E-state index < -0.39 is 0 Å². The highest BCUT2D eigenvalue weighted by Crippen LogP contribution is 2.21. The Labute approximate surface area is 172 Å². The molecule has 1 aliphatic heterocycles. The minimum Gasteiger partial charge on any atom is -0.357 e. The van der Waals surface area contributed by atoms with Gasteiger partial charge in [-0.05, 0) is 31.9 Å². The maximum Gasteiger partial charge on any atom is 0.244 e. The highest BCUT2D eigenvalue weighted by atomic mass is 127. The Hall–Kier alpha value is -0.960. The number of aliphatic imine (C=N–C) groups is 1. The van der Waals surface area contributed by atoms with E-state index in [0.717, 1.165) is 39.0 Å². The second-order valence-electron chi connectivity index (χ2n) is 5.91. The maximum absolute atomic E-state index is 12.1. The van der Waals surface area contributed by atoms with Gasteiger partial charge in [0.15, 0.2) is 5.96 Å². The van der Waals surface area contributed by atoms with Crippen LogP contribution in [0.25, 0.3) is 0 Å². The molecule has 0 spiro atoms. The van der Waals surface area contributed by atoms with Crippen LogP contribution in [0.3, 0.4) is 0 Å². The lowest BCUT2D eigenvalue weighted by molar-refractivity contribution is -0.128. The summed E-state index contributed by atoms with van der Waals surface area (Å²) in [5.41, 5.74) is 0. The summed E-state index contributed by atoms with van der Waals surface area (Å²) in [6.07, 6.45) is 2.23. The number of nitrogens with zero attached hydrogens (tertiary/aromatic N) is 2. The molecule has 25 heavy (non-hydrogen) atoms. The molecule has 2 N–H and O–H groups in total. The van der Waals surface area contributed by atoms with Crippen LogP contribution in [0.2, 0.25) is 0 Å². The van der Waals surface area contributed by atoms with Crippen LogP contribution in [0.5, 0.6) is 0 Å². The van der Waals surface area contributed by atoms with E-state index in [2.05, 4.69) is 46.8 Å². The van der Waals surface area contributed by atoms with Crippen molar-refractivity contribution in [2.45, 2.75) is 36.8 Å². The fourth-order valence-corrected chi connectivity index (χ4v) is 3.51. The van der Waals surface area contributed by atoms with E-state index in [-0.39, 0.29) is 36.4 Å². The van der Waals surface area contributed by atoms with Gasteiger partial charge >= 0.3 is 0 Å². The molecule has 1 aromatic rings. The van der Waals surface area contributed by atoms with E-state index in [0.29, 0.717) is 11.2 Å². The minimum atomic E-state index is 0. The molecule has 0 saturated carbocycles. The van der Waals surface area contributed by atoms with Crippen LogP contribution in [-0.2, 0) is 4.79 Å². The third-order valence-electron chi connectivity index (χ3n) is 3.81. The van der Waals surface area contributed by atoms with Gasteiger partial charge in [-0.15, -0.1) is 35.7 Å². The number of carbonyl (C=O) groups is 1. The van der Waals surface area contributed by atoms with Crippen molar-refractivity contribution in [3.05, 3.63) is 30.3 Å². The second-order valence-corrected chi connectivity index (χ2v) is 7.42. The standard InChI is InChI=1S/C18H28N4OS.HI/c1-3-19-18(21-14-17(23)22-11-7-8-12-22)20-13-15(2)24-16-9-5-4-6-10-16;/h4-6,9-10,15H,3,7-8,11-14H2,1-2H3,(H2,19,20,21);1H. The first kappa shape index (κ1) is 22.1. The highest BCUT2D eigenvalue weighted by Gasteiger charge is 2.17. The monoisotopic (exact) mass is 476 g/mol. The van der Waals surface area contributed by atoms with Gasteiger partial charge in [0.1, 0.15) is 6.54 Å². The summed E-state index contributed by atoms with van der Waals surface area (Å²) >= 11 is 1.83. The van der Waals surface area contributed by atoms with Crippen LogP contribution >= 0.6 is 35.7 Å². The number of nitrogens with one attached hydrogen (secondary N) is 2. The van der Waals surface area contributed by atoms with Gasteiger partial charge in [-0.1, -0.05) is 25.1 Å². The summed E-state index contributed by atoms with van der Waals surface area (Å²) in [5.74, 6) is 0.835. The Morgan fingerprint density at radius 1 is 1.24 bits per heavy atom. The molecular formula is C18H29IN4OS. The first-order chi connectivity index (χ1) is 11.7. The fraction of sp³-hybridized carbons (Fsp3) is 0.556. The van der Waals surface area contributed by atoms with Gasteiger partial charge in [-0.25, -0.2) is 4.99 Å². The Morgan fingerprint density at radius 2 is 1.92 bits per heavy atom. The molecule has 1 fully saturated rings. The average Bonchev–Trinajstić information content (AvgIpc) is 3.12. The molecule has 1 atom stereocenters. The zero-order valence-corrected chi connectivity index (χ0v) is 18.2. The van der Waals surface area contributed by atoms with Crippen molar-refractivity contribution < 1.29 is 4.79 Å². The molecule has 140 valence electrons. The van der Waals surface area contributed by atoms with Gasteiger partial charge in [0, 0.05) is 36.3 Å². The van der Waals surface area contributed by atoms with Crippen molar-refractivity contribution in [1.82, 2.24) is 15.5 Å². The van der Waals surface area contributed by atoms with E-state index in [1.807, 2.05) is 29.7 Å². The molecule has 0 aromatic heterocycles. The van der Waals surface area contributed by atoms with E-state index in [1.54, 1.807) is 0 Å². The number of rotatable bonds is 7. The lowest BCUT2D eigenvalue weighted by Gasteiger charge is -2.17. The molecule has 1 amide bonds. The molecule has 0 bridgehead atoms. The topological polar surface area (TPSA) is 56.7 Å². The van der Waals surface area contributed by atoms with Crippen LogP contribution in [0.4, 0.5) is 0 Å². The number of guanidine groups is 1. The number of likely N-dealkylation sites (tertiary alicyclic amines) is 1. The molecule has 1 unspecified atom stereocenters. The van der Waals surface area contributed by atoms with Crippen LogP contribution in [0, 0.1) is 0 Å². The quantitative estimate of drug-likeness (QED) is 0.275. The number of halogens is 1. The zero-order chi connectivity index (χ0) is 17.2. The molecule has 0 radical (unpaired) electrons. The number of thioether (sulfide) groups is 1. The first-order valence-corrected chi connectivity index (χ1v) is 9.58. The molecule has 1 aromatic carbocycles. The molecule has 5 nitrogen and oxygen atoms in total. The van der Waals surface area contributed by atoms with Crippen molar-refractivity contribution in [1.29, 1.82) is 0 Å².